The van der Waals surface area contributed by atoms with Gasteiger partial charge >= 0.3 is 0 Å². The van der Waals surface area contributed by atoms with Crippen molar-refractivity contribution in [2.75, 3.05) is 0 Å². The average molecular weight is 217 g/mol. The smallest absolute Gasteiger partial charge is 0.223 e. The van der Waals surface area contributed by atoms with Crippen LogP contribution in [-0.4, -0.2) is 29.9 Å². The van der Waals surface area contributed by atoms with E-state index < -0.39 is 0 Å². The Morgan fingerprint density at radius 3 is 2.77 bits per heavy atom. The zero-order chi connectivity index (χ0) is 9.26. The highest BCUT2D eigenvalue weighted by Gasteiger charge is 2.08. The van der Waals surface area contributed by atoms with Crippen LogP contribution in [0.3, 0.4) is 0 Å². The van der Waals surface area contributed by atoms with Crippen molar-refractivity contribution in [3.05, 3.63) is 23.1 Å². The van der Waals surface area contributed by atoms with Gasteiger partial charge in [0, 0.05) is 0 Å². The molecule has 66 valence electrons. The second-order valence-electron chi connectivity index (χ2n) is 2.04. The van der Waals surface area contributed by atoms with Crippen molar-refractivity contribution >= 4 is 23.2 Å². The maximum atomic E-state index is 5.70. The molecule has 6 nitrogen and oxygen atoms in total. The summed E-state index contributed by atoms with van der Waals surface area (Å²) < 4.78 is 1.35. The molecule has 2 aromatic rings. The van der Waals surface area contributed by atoms with Gasteiger partial charge in [-0.25, -0.2) is 4.98 Å². The van der Waals surface area contributed by atoms with Gasteiger partial charge in [0.1, 0.15) is 12.7 Å². The van der Waals surface area contributed by atoms with E-state index in [9.17, 15) is 0 Å². The van der Waals surface area contributed by atoms with Crippen molar-refractivity contribution in [1.82, 2.24) is 29.9 Å². The topological polar surface area (TPSA) is 69.4 Å². The molecule has 0 saturated heterocycles. The Labute approximate surface area is 82.5 Å². The van der Waals surface area contributed by atoms with Crippen LogP contribution in [0.25, 0.3) is 5.82 Å². The monoisotopic (exact) mass is 216 g/mol. The van der Waals surface area contributed by atoms with Crippen molar-refractivity contribution in [2.45, 2.75) is 0 Å². The lowest BCUT2D eigenvalue weighted by molar-refractivity contribution is 0.812. The fraction of sp³-hybridized carbons (Fsp3) is 0. The summed E-state index contributed by atoms with van der Waals surface area (Å²) >= 11 is 11.2. The molecule has 0 radical (unpaired) electrons. The number of halogens is 2. The average Bonchev–Trinajstić information content (AvgIpc) is 2.61. The number of aromatic nitrogens is 6. The lowest BCUT2D eigenvalue weighted by atomic mass is 10.7. The van der Waals surface area contributed by atoms with Crippen LogP contribution in [-0.2, 0) is 0 Å². The molecule has 0 fully saturated rings. The number of hydrogen-bond donors (Lipinski definition) is 0. The van der Waals surface area contributed by atoms with Crippen molar-refractivity contribution in [3.8, 4) is 5.82 Å². The summed E-state index contributed by atoms with van der Waals surface area (Å²) in [7, 11) is 0. The second-order valence-corrected chi connectivity index (χ2v) is 2.73. The second kappa shape index (κ2) is 3.23. The number of nitrogens with zero attached hydrogens (tertiary/aromatic N) is 6. The molecule has 0 atom stereocenters. The Hall–Kier alpha value is -1.27. The molecule has 0 saturated carbocycles. The molecule has 0 bridgehead atoms. The highest BCUT2D eigenvalue weighted by Crippen LogP contribution is 2.13. The third-order valence-corrected chi connectivity index (χ3v) is 1.64. The first-order valence-corrected chi connectivity index (χ1v) is 3.93. The Kier molecular flexibility index (Phi) is 2.07. The molecular weight excluding hydrogens is 215 g/mol. The third-order valence-electron chi connectivity index (χ3n) is 1.24. The van der Waals surface area contributed by atoms with Crippen LogP contribution in [0.5, 0.6) is 0 Å². The zero-order valence-corrected chi connectivity index (χ0v) is 7.61. The first kappa shape index (κ1) is 8.33. The van der Waals surface area contributed by atoms with Crippen LogP contribution >= 0.6 is 23.2 Å². The molecule has 0 spiro atoms. The van der Waals surface area contributed by atoms with E-state index in [4.69, 9.17) is 23.2 Å². The SMILES string of the molecule is Clc1nnc(Cl)c(-n2cncn2)n1. The van der Waals surface area contributed by atoms with Crippen LogP contribution < -0.4 is 0 Å². The molecule has 0 amide bonds. The summed E-state index contributed by atoms with van der Waals surface area (Å²) in [4.78, 5) is 7.57. The van der Waals surface area contributed by atoms with Gasteiger partial charge in [-0.1, -0.05) is 11.6 Å². The van der Waals surface area contributed by atoms with Gasteiger partial charge in [-0.3, -0.25) is 0 Å². The number of hydrogen-bond acceptors (Lipinski definition) is 5. The highest BCUT2D eigenvalue weighted by molar-refractivity contribution is 6.31. The van der Waals surface area contributed by atoms with Gasteiger partial charge in [0.25, 0.3) is 0 Å². The molecule has 2 heterocycles. The summed E-state index contributed by atoms with van der Waals surface area (Å²) in [5.74, 6) is 0.305. The minimum absolute atomic E-state index is 0.00917. The number of rotatable bonds is 1. The standard InChI is InChI=1S/C5H2Cl2N6/c6-3-4(10-5(7)12-11-3)13-2-8-1-9-13/h1-2H. The van der Waals surface area contributed by atoms with Crippen LogP contribution in [0.4, 0.5) is 0 Å². The minimum Gasteiger partial charge on any atom is -0.223 e. The summed E-state index contributed by atoms with van der Waals surface area (Å²) in [5.41, 5.74) is 0. The molecule has 2 rings (SSSR count). The van der Waals surface area contributed by atoms with Crippen LogP contribution in [0.2, 0.25) is 10.4 Å². The zero-order valence-electron chi connectivity index (χ0n) is 6.09. The summed E-state index contributed by atoms with van der Waals surface area (Å²) in [5, 5.41) is 11.0. The van der Waals surface area contributed by atoms with Gasteiger partial charge in [-0.05, 0) is 11.6 Å². The lowest BCUT2D eigenvalue weighted by Crippen LogP contribution is -2.02. The van der Waals surface area contributed by atoms with Gasteiger partial charge < -0.3 is 0 Å². The molecule has 0 aliphatic rings. The van der Waals surface area contributed by atoms with Gasteiger partial charge in [0.05, 0.1) is 0 Å². The molecule has 0 aromatic carbocycles. The third kappa shape index (κ3) is 1.58. The summed E-state index contributed by atoms with van der Waals surface area (Å²) in [6.07, 6.45) is 2.79. The molecule has 0 unspecified atom stereocenters. The van der Waals surface area contributed by atoms with E-state index in [1.165, 1.54) is 17.3 Å². The first-order valence-electron chi connectivity index (χ1n) is 3.18. The summed E-state index contributed by atoms with van der Waals surface area (Å²) in [6, 6.07) is 0. The maximum absolute atomic E-state index is 5.70. The van der Waals surface area contributed by atoms with E-state index in [1.54, 1.807) is 0 Å². The van der Waals surface area contributed by atoms with E-state index in [-0.39, 0.29) is 10.4 Å². The Morgan fingerprint density at radius 1 is 1.23 bits per heavy atom. The fourth-order valence-electron chi connectivity index (χ4n) is 0.749. The molecule has 2 aromatic heterocycles. The molecule has 8 heteroatoms. The van der Waals surface area contributed by atoms with Gasteiger partial charge in [-0.2, -0.15) is 14.8 Å². The van der Waals surface area contributed by atoms with Gasteiger partial charge in [-0.15, -0.1) is 10.2 Å². The largest absolute Gasteiger partial charge is 0.245 e. The predicted molar refractivity (Wildman–Crippen MR) is 44.8 cm³/mol. The Balaban J connectivity index is 2.57. The Bertz CT molecular complexity index is 413. The lowest BCUT2D eigenvalue weighted by Gasteiger charge is -1.99. The van der Waals surface area contributed by atoms with Crippen molar-refractivity contribution in [3.63, 3.8) is 0 Å². The maximum Gasteiger partial charge on any atom is 0.245 e. The van der Waals surface area contributed by atoms with E-state index in [2.05, 4.69) is 25.3 Å². The van der Waals surface area contributed by atoms with Gasteiger partial charge in [0.15, 0.2) is 11.0 Å². The van der Waals surface area contributed by atoms with E-state index in [0.29, 0.717) is 5.82 Å². The summed E-state index contributed by atoms with van der Waals surface area (Å²) in [6.45, 7) is 0. The predicted octanol–water partition coefficient (Wildman–Crippen LogP) is 0.759. The van der Waals surface area contributed by atoms with E-state index >= 15 is 0 Å². The first-order chi connectivity index (χ1) is 6.27. The molecule has 0 N–H and O–H groups in total. The van der Waals surface area contributed by atoms with Gasteiger partial charge in [0.2, 0.25) is 5.28 Å². The normalized spacial score (nSPS) is 10.3. The van der Waals surface area contributed by atoms with E-state index in [0.717, 1.165) is 0 Å². The van der Waals surface area contributed by atoms with Crippen molar-refractivity contribution in [2.24, 2.45) is 0 Å². The van der Waals surface area contributed by atoms with E-state index in [1.807, 2.05) is 0 Å². The van der Waals surface area contributed by atoms with Crippen LogP contribution in [0.1, 0.15) is 0 Å². The van der Waals surface area contributed by atoms with Crippen LogP contribution in [0.15, 0.2) is 12.7 Å². The highest BCUT2D eigenvalue weighted by atomic mass is 35.5. The quantitative estimate of drug-likeness (QED) is 0.705. The molecule has 13 heavy (non-hydrogen) atoms. The van der Waals surface area contributed by atoms with Crippen molar-refractivity contribution < 1.29 is 0 Å². The van der Waals surface area contributed by atoms with Crippen molar-refractivity contribution in [1.29, 1.82) is 0 Å². The molecule has 0 aliphatic heterocycles. The van der Waals surface area contributed by atoms with Crippen LogP contribution in [0, 0.1) is 0 Å². The Morgan fingerprint density at radius 2 is 2.08 bits per heavy atom. The fourth-order valence-corrected chi connectivity index (χ4v) is 1.03. The molecular formula is C5H2Cl2N6. The minimum atomic E-state index is 0.00917. The molecule has 0 aliphatic carbocycles.